The van der Waals surface area contributed by atoms with Gasteiger partial charge >= 0.3 is 11.9 Å². The predicted octanol–water partition coefficient (Wildman–Crippen LogP) is 4.13. The van der Waals surface area contributed by atoms with Gasteiger partial charge in [-0.25, -0.2) is 0 Å². The summed E-state index contributed by atoms with van der Waals surface area (Å²) >= 11 is 1.57. The van der Waals surface area contributed by atoms with Gasteiger partial charge in [-0.15, -0.1) is 11.8 Å². The third-order valence-electron chi connectivity index (χ3n) is 5.25. The summed E-state index contributed by atoms with van der Waals surface area (Å²) in [6.07, 6.45) is -2.65. The van der Waals surface area contributed by atoms with Crippen molar-refractivity contribution in [2.45, 2.75) is 63.8 Å². The van der Waals surface area contributed by atoms with Crippen molar-refractivity contribution in [3.63, 3.8) is 0 Å². The Morgan fingerprint density at radius 1 is 0.824 bits per heavy atom. The van der Waals surface area contributed by atoms with Crippen LogP contribution in [-0.2, 0) is 46.5 Å². The van der Waals surface area contributed by atoms with Crippen LogP contribution >= 0.6 is 11.8 Å². The highest BCUT2D eigenvalue weighted by molar-refractivity contribution is 7.99. The van der Waals surface area contributed by atoms with Crippen molar-refractivity contribution >= 4 is 23.7 Å². The summed E-state index contributed by atoms with van der Waals surface area (Å²) in [6.45, 7) is 5.30. The second kappa shape index (κ2) is 13.5. The maximum absolute atomic E-state index is 12.0. The van der Waals surface area contributed by atoms with Crippen LogP contribution in [0.25, 0.3) is 0 Å². The molecule has 34 heavy (non-hydrogen) atoms. The Balaban J connectivity index is 1.88. The molecule has 1 saturated heterocycles. The van der Waals surface area contributed by atoms with Gasteiger partial charge in [0.2, 0.25) is 0 Å². The molecule has 3 rings (SSSR count). The van der Waals surface area contributed by atoms with Gasteiger partial charge < -0.3 is 23.7 Å². The topological polar surface area (TPSA) is 80.3 Å². The first-order valence-electron chi connectivity index (χ1n) is 11.4. The van der Waals surface area contributed by atoms with Gasteiger partial charge in [0, 0.05) is 13.8 Å². The summed E-state index contributed by atoms with van der Waals surface area (Å²) < 4.78 is 29.9. The number of carbonyl (C=O) groups is 2. The van der Waals surface area contributed by atoms with Crippen molar-refractivity contribution < 1.29 is 33.3 Å². The van der Waals surface area contributed by atoms with E-state index in [1.807, 2.05) is 67.6 Å². The molecule has 0 unspecified atom stereocenters. The Kier molecular flexibility index (Phi) is 10.4. The standard InChI is InChI=1S/C26H32O7S/c1-4-34-26-25(31-16-21-13-9-6-10-14-21)24(30-15-20-11-7-5-8-12-20)23(32-19(3)28)22(33-26)17-29-18(2)27/h5-14,22-26H,4,15-17H2,1-3H3/t22-,23-,24+,25-,26+/m1/s1. The molecule has 0 spiro atoms. The van der Waals surface area contributed by atoms with E-state index in [0.717, 1.165) is 16.9 Å². The predicted molar refractivity (Wildman–Crippen MR) is 129 cm³/mol. The van der Waals surface area contributed by atoms with Crippen molar-refractivity contribution in [3.05, 3.63) is 71.8 Å². The van der Waals surface area contributed by atoms with Crippen molar-refractivity contribution in [2.75, 3.05) is 12.4 Å². The maximum atomic E-state index is 12.0. The fourth-order valence-corrected chi connectivity index (χ4v) is 4.72. The molecule has 1 heterocycles. The fraction of sp³-hybridized carbons (Fsp3) is 0.462. The van der Waals surface area contributed by atoms with Gasteiger partial charge in [-0.1, -0.05) is 67.6 Å². The van der Waals surface area contributed by atoms with Gasteiger partial charge in [0.25, 0.3) is 0 Å². The van der Waals surface area contributed by atoms with Crippen molar-refractivity contribution in [1.82, 2.24) is 0 Å². The zero-order valence-electron chi connectivity index (χ0n) is 19.8. The van der Waals surface area contributed by atoms with Crippen LogP contribution in [0, 0.1) is 0 Å². The minimum absolute atomic E-state index is 0.0509. The molecular weight excluding hydrogens is 456 g/mol. The van der Waals surface area contributed by atoms with E-state index < -0.39 is 41.8 Å². The SMILES string of the molecule is CCS[C@@H]1O[C@H](COC(C)=O)[C@@H](OC(C)=O)[C@H](OCc2ccccc2)[C@H]1OCc1ccccc1. The van der Waals surface area contributed by atoms with E-state index in [1.165, 1.54) is 13.8 Å². The van der Waals surface area contributed by atoms with Gasteiger partial charge in [0.15, 0.2) is 6.10 Å². The highest BCUT2D eigenvalue weighted by atomic mass is 32.2. The number of rotatable bonds is 11. The van der Waals surface area contributed by atoms with E-state index >= 15 is 0 Å². The Morgan fingerprint density at radius 3 is 1.88 bits per heavy atom. The molecule has 2 aromatic rings. The van der Waals surface area contributed by atoms with Crippen LogP contribution in [0.15, 0.2) is 60.7 Å². The molecule has 0 amide bonds. The minimum atomic E-state index is -0.810. The van der Waals surface area contributed by atoms with Crippen molar-refractivity contribution in [3.8, 4) is 0 Å². The normalized spacial score (nSPS) is 24.4. The molecule has 0 aromatic heterocycles. The van der Waals surface area contributed by atoms with E-state index in [9.17, 15) is 9.59 Å². The average Bonchev–Trinajstić information content (AvgIpc) is 2.83. The number of carbonyl (C=O) groups excluding carboxylic acids is 2. The minimum Gasteiger partial charge on any atom is -0.463 e. The summed E-state index contributed by atoms with van der Waals surface area (Å²) in [5, 5.41) is 0. The third-order valence-corrected chi connectivity index (χ3v) is 6.29. The van der Waals surface area contributed by atoms with Gasteiger partial charge in [-0.05, 0) is 16.9 Å². The van der Waals surface area contributed by atoms with Crippen LogP contribution < -0.4 is 0 Å². The highest BCUT2D eigenvalue weighted by Gasteiger charge is 2.49. The molecule has 0 N–H and O–H groups in total. The van der Waals surface area contributed by atoms with E-state index in [-0.39, 0.29) is 6.61 Å². The molecule has 184 valence electrons. The zero-order valence-corrected chi connectivity index (χ0v) is 20.6. The molecule has 8 heteroatoms. The number of benzene rings is 2. The lowest BCUT2D eigenvalue weighted by Crippen LogP contribution is -2.60. The van der Waals surface area contributed by atoms with E-state index in [2.05, 4.69) is 0 Å². The van der Waals surface area contributed by atoms with Crippen LogP contribution in [0.1, 0.15) is 31.9 Å². The zero-order chi connectivity index (χ0) is 24.3. The van der Waals surface area contributed by atoms with Crippen LogP contribution in [0.3, 0.4) is 0 Å². The first kappa shape index (κ1) is 26.2. The lowest BCUT2D eigenvalue weighted by molar-refractivity contribution is -0.246. The van der Waals surface area contributed by atoms with E-state index in [0.29, 0.717) is 13.2 Å². The molecule has 0 aliphatic carbocycles. The van der Waals surface area contributed by atoms with Crippen LogP contribution in [0.2, 0.25) is 0 Å². The Morgan fingerprint density at radius 2 is 1.38 bits per heavy atom. The number of hydrogen-bond donors (Lipinski definition) is 0. The highest BCUT2D eigenvalue weighted by Crippen LogP contribution is 2.35. The number of esters is 2. The van der Waals surface area contributed by atoms with Crippen molar-refractivity contribution in [1.29, 1.82) is 0 Å². The smallest absolute Gasteiger partial charge is 0.303 e. The number of hydrogen-bond acceptors (Lipinski definition) is 8. The Bertz CT molecular complexity index is 893. The van der Waals surface area contributed by atoms with Gasteiger partial charge in [-0.3, -0.25) is 9.59 Å². The summed E-state index contributed by atoms with van der Waals surface area (Å²) in [7, 11) is 0. The molecule has 2 aromatic carbocycles. The molecule has 1 aliphatic heterocycles. The lowest BCUT2D eigenvalue weighted by Gasteiger charge is -2.45. The fourth-order valence-electron chi connectivity index (χ4n) is 3.74. The van der Waals surface area contributed by atoms with Gasteiger partial charge in [0.05, 0.1) is 13.2 Å². The molecule has 1 aliphatic rings. The second-order valence-corrected chi connectivity index (χ2v) is 9.27. The largest absolute Gasteiger partial charge is 0.463 e. The number of ether oxygens (including phenoxy) is 5. The first-order valence-corrected chi connectivity index (χ1v) is 12.4. The molecule has 1 fully saturated rings. The van der Waals surface area contributed by atoms with Crippen LogP contribution in [0.5, 0.6) is 0 Å². The first-order chi connectivity index (χ1) is 16.5. The Hall–Kier alpha value is -2.39. The molecule has 7 nitrogen and oxygen atoms in total. The quantitative estimate of drug-likeness (QED) is 0.437. The van der Waals surface area contributed by atoms with Crippen LogP contribution in [-0.4, -0.2) is 54.2 Å². The summed E-state index contributed by atoms with van der Waals surface area (Å²) in [5.74, 6) is -0.132. The lowest BCUT2D eigenvalue weighted by atomic mass is 9.99. The summed E-state index contributed by atoms with van der Waals surface area (Å²) in [6, 6.07) is 19.6. The van der Waals surface area contributed by atoms with Crippen LogP contribution in [0.4, 0.5) is 0 Å². The monoisotopic (exact) mass is 488 g/mol. The molecule has 0 radical (unpaired) electrons. The van der Waals surface area contributed by atoms with Gasteiger partial charge in [-0.2, -0.15) is 0 Å². The van der Waals surface area contributed by atoms with E-state index in [4.69, 9.17) is 23.7 Å². The van der Waals surface area contributed by atoms with Gasteiger partial charge in [0.1, 0.15) is 30.4 Å². The van der Waals surface area contributed by atoms with Crippen molar-refractivity contribution in [2.24, 2.45) is 0 Å². The Labute approximate surface area is 205 Å². The summed E-state index contributed by atoms with van der Waals surface area (Å²) in [4.78, 5) is 23.5. The maximum Gasteiger partial charge on any atom is 0.303 e. The molecule has 0 saturated carbocycles. The third kappa shape index (κ3) is 7.84. The molecule has 5 atom stereocenters. The van der Waals surface area contributed by atoms with E-state index in [1.54, 1.807) is 11.8 Å². The number of thioether (sulfide) groups is 1. The average molecular weight is 489 g/mol. The molecule has 0 bridgehead atoms. The summed E-state index contributed by atoms with van der Waals surface area (Å²) in [5.41, 5.74) is 1.59. The molecular formula is C26H32O7S. The second-order valence-electron chi connectivity index (χ2n) is 7.90.